The van der Waals surface area contributed by atoms with Crippen LogP contribution in [0.5, 0.6) is 0 Å². The van der Waals surface area contributed by atoms with Crippen molar-refractivity contribution in [3.05, 3.63) is 23.9 Å². The number of hydrogen-bond acceptors (Lipinski definition) is 2. The molecule has 48 valence electrons. The molecule has 0 spiro atoms. The molecule has 0 aromatic carbocycles. The molecule has 2 radical (unpaired) electrons. The molecule has 0 atom stereocenters. The van der Waals surface area contributed by atoms with Gasteiger partial charge in [-0.1, -0.05) is 0 Å². The van der Waals surface area contributed by atoms with E-state index in [2.05, 4.69) is 4.98 Å². The summed E-state index contributed by atoms with van der Waals surface area (Å²) < 4.78 is 0. The van der Waals surface area contributed by atoms with Crippen LogP contribution in [0.15, 0.2) is 18.3 Å². The normalized spacial score (nSPS) is 9.20. The fourth-order valence-electron chi connectivity index (χ4n) is 0.581. The molecule has 0 saturated heterocycles. The molecular formula is C6H4BNO2. The molecule has 1 rings (SSSR count). The lowest BCUT2D eigenvalue weighted by molar-refractivity contribution is 0.0697. The maximum Gasteiger partial charge on any atom is 0.335 e. The first-order valence-corrected chi connectivity index (χ1v) is 2.65. The zero-order valence-corrected chi connectivity index (χ0v) is 5.11. The fraction of sp³-hybridized carbons (Fsp3) is 0. The number of aromatic carboxylic acids is 1. The summed E-state index contributed by atoms with van der Waals surface area (Å²) in [5.74, 6) is -0.992. The zero-order chi connectivity index (χ0) is 7.56. The molecule has 1 aromatic rings. The Hall–Kier alpha value is -1.32. The molecule has 4 heteroatoms. The number of carbonyl (C=O) groups is 1. The van der Waals surface area contributed by atoms with Gasteiger partial charge in [-0.15, -0.1) is 0 Å². The highest BCUT2D eigenvalue weighted by Crippen LogP contribution is 1.91. The Balaban J connectivity index is 3.07. The predicted octanol–water partition coefficient (Wildman–Crippen LogP) is -0.426. The van der Waals surface area contributed by atoms with Crippen LogP contribution in [0.25, 0.3) is 0 Å². The van der Waals surface area contributed by atoms with Crippen molar-refractivity contribution >= 4 is 19.4 Å². The molecular weight excluding hydrogens is 129 g/mol. The van der Waals surface area contributed by atoms with Gasteiger partial charge < -0.3 is 5.11 Å². The lowest BCUT2D eigenvalue weighted by Crippen LogP contribution is -2.10. The van der Waals surface area contributed by atoms with E-state index in [-0.39, 0.29) is 11.2 Å². The second kappa shape index (κ2) is 2.52. The number of pyridine rings is 1. The summed E-state index contributed by atoms with van der Waals surface area (Å²) in [7, 11) is 5.22. The van der Waals surface area contributed by atoms with Crippen molar-refractivity contribution in [2.24, 2.45) is 0 Å². The number of rotatable bonds is 1. The van der Waals surface area contributed by atoms with Gasteiger partial charge in [0.05, 0.1) is 5.56 Å². The Morgan fingerprint density at radius 3 is 2.80 bits per heavy atom. The van der Waals surface area contributed by atoms with Gasteiger partial charge in [-0.3, -0.25) is 4.98 Å². The van der Waals surface area contributed by atoms with Crippen molar-refractivity contribution in [1.29, 1.82) is 0 Å². The molecule has 0 aliphatic carbocycles. The van der Waals surface area contributed by atoms with Crippen molar-refractivity contribution in [2.75, 3.05) is 0 Å². The maximum atomic E-state index is 10.3. The highest BCUT2D eigenvalue weighted by molar-refractivity contribution is 6.30. The highest BCUT2D eigenvalue weighted by Gasteiger charge is 1.99. The average molecular weight is 133 g/mol. The van der Waals surface area contributed by atoms with Crippen molar-refractivity contribution in [1.82, 2.24) is 4.98 Å². The van der Waals surface area contributed by atoms with E-state index in [0.717, 1.165) is 0 Å². The SMILES string of the molecule is [B]c1cc(C(=O)O)ccn1. The van der Waals surface area contributed by atoms with Gasteiger partial charge in [-0.25, -0.2) is 4.79 Å². The van der Waals surface area contributed by atoms with Crippen LogP contribution in [0.3, 0.4) is 0 Å². The Kier molecular flexibility index (Phi) is 1.71. The van der Waals surface area contributed by atoms with Gasteiger partial charge in [0, 0.05) is 6.20 Å². The quantitative estimate of drug-likeness (QED) is 0.529. The van der Waals surface area contributed by atoms with Gasteiger partial charge in [0.25, 0.3) is 0 Å². The third-order valence-corrected chi connectivity index (χ3v) is 1.03. The number of carboxylic acid groups (broad SMARTS) is 1. The summed E-state index contributed by atoms with van der Waals surface area (Å²) in [6.07, 6.45) is 1.36. The van der Waals surface area contributed by atoms with Crippen molar-refractivity contribution in [2.45, 2.75) is 0 Å². The monoisotopic (exact) mass is 133 g/mol. The first kappa shape index (κ1) is 6.80. The van der Waals surface area contributed by atoms with Crippen LogP contribution in [0.4, 0.5) is 0 Å². The molecule has 1 heterocycles. The van der Waals surface area contributed by atoms with E-state index in [1.54, 1.807) is 0 Å². The minimum absolute atomic E-state index is 0.160. The minimum atomic E-state index is -0.992. The van der Waals surface area contributed by atoms with E-state index in [9.17, 15) is 4.79 Å². The van der Waals surface area contributed by atoms with E-state index < -0.39 is 5.97 Å². The number of carboxylic acids is 1. The van der Waals surface area contributed by atoms with Crippen molar-refractivity contribution < 1.29 is 9.90 Å². The molecule has 0 amide bonds. The largest absolute Gasteiger partial charge is 0.478 e. The van der Waals surface area contributed by atoms with Crippen molar-refractivity contribution in [3.8, 4) is 0 Å². The summed E-state index contributed by atoms with van der Waals surface area (Å²) in [4.78, 5) is 13.9. The Morgan fingerprint density at radius 1 is 1.70 bits per heavy atom. The van der Waals surface area contributed by atoms with Crippen LogP contribution >= 0.6 is 0 Å². The molecule has 3 nitrogen and oxygen atoms in total. The Labute approximate surface area is 59.1 Å². The summed E-state index contributed by atoms with van der Waals surface area (Å²) in [5, 5.41) is 8.43. The average Bonchev–Trinajstić information content (AvgIpc) is 1.88. The van der Waals surface area contributed by atoms with Crippen LogP contribution < -0.4 is 5.59 Å². The van der Waals surface area contributed by atoms with E-state index in [1.807, 2.05) is 0 Å². The number of aromatic nitrogens is 1. The van der Waals surface area contributed by atoms with Gasteiger partial charge in [0.1, 0.15) is 7.85 Å². The summed E-state index contributed by atoms with van der Waals surface area (Å²) in [6.45, 7) is 0. The van der Waals surface area contributed by atoms with Crippen LogP contribution in [-0.4, -0.2) is 23.9 Å². The van der Waals surface area contributed by atoms with Crippen LogP contribution in [0, 0.1) is 0 Å². The van der Waals surface area contributed by atoms with E-state index >= 15 is 0 Å². The molecule has 0 saturated carbocycles. The molecule has 1 aromatic heterocycles. The topological polar surface area (TPSA) is 50.2 Å². The predicted molar refractivity (Wildman–Crippen MR) is 36.6 cm³/mol. The molecule has 0 aliphatic heterocycles. The molecule has 0 unspecified atom stereocenters. The van der Waals surface area contributed by atoms with E-state index in [0.29, 0.717) is 0 Å². The molecule has 10 heavy (non-hydrogen) atoms. The second-order valence-electron chi connectivity index (χ2n) is 1.77. The lowest BCUT2D eigenvalue weighted by Gasteiger charge is -1.93. The molecule has 0 fully saturated rings. The van der Waals surface area contributed by atoms with Gasteiger partial charge in [0.2, 0.25) is 0 Å². The van der Waals surface area contributed by atoms with Gasteiger partial charge in [-0.2, -0.15) is 0 Å². The third-order valence-electron chi connectivity index (χ3n) is 1.03. The summed E-state index contributed by atoms with van der Waals surface area (Å²) in [6, 6.07) is 2.70. The minimum Gasteiger partial charge on any atom is -0.478 e. The van der Waals surface area contributed by atoms with Crippen LogP contribution in [-0.2, 0) is 0 Å². The smallest absolute Gasteiger partial charge is 0.335 e. The van der Waals surface area contributed by atoms with Gasteiger partial charge >= 0.3 is 5.97 Å². The highest BCUT2D eigenvalue weighted by atomic mass is 16.4. The van der Waals surface area contributed by atoms with E-state index in [4.69, 9.17) is 13.0 Å². The summed E-state index contributed by atoms with van der Waals surface area (Å²) in [5.41, 5.74) is 0.382. The molecule has 0 bridgehead atoms. The Morgan fingerprint density at radius 2 is 2.40 bits per heavy atom. The maximum absolute atomic E-state index is 10.3. The number of hydrogen-bond donors (Lipinski definition) is 1. The first-order valence-electron chi connectivity index (χ1n) is 2.65. The Bertz CT molecular complexity index is 262. The molecule has 1 N–H and O–H groups in total. The second-order valence-corrected chi connectivity index (χ2v) is 1.77. The zero-order valence-electron chi connectivity index (χ0n) is 5.11. The van der Waals surface area contributed by atoms with Crippen LogP contribution in [0.2, 0.25) is 0 Å². The standard InChI is InChI=1S/C6H4BNO2/c7-5-3-4(6(9)10)1-2-8-5/h1-3H,(H,9,10). The van der Waals surface area contributed by atoms with E-state index in [1.165, 1.54) is 18.3 Å². The van der Waals surface area contributed by atoms with Gasteiger partial charge in [0.15, 0.2) is 0 Å². The fourth-order valence-corrected chi connectivity index (χ4v) is 0.581. The van der Waals surface area contributed by atoms with Crippen LogP contribution in [0.1, 0.15) is 10.4 Å². The van der Waals surface area contributed by atoms with Crippen molar-refractivity contribution in [3.63, 3.8) is 0 Å². The van der Waals surface area contributed by atoms with Gasteiger partial charge in [-0.05, 0) is 17.7 Å². The lowest BCUT2D eigenvalue weighted by atomic mass is 10.0. The molecule has 0 aliphatic rings. The third kappa shape index (κ3) is 1.34. The summed E-state index contributed by atoms with van der Waals surface area (Å²) >= 11 is 0. The first-order chi connectivity index (χ1) is 4.70. The number of nitrogens with zero attached hydrogens (tertiary/aromatic N) is 1.